The molecule has 1 saturated carbocycles. The first kappa shape index (κ1) is 23.7. The highest BCUT2D eigenvalue weighted by atomic mass is 16.5. The fraction of sp³-hybridized carbons (Fsp3) is 0.667. The quantitative estimate of drug-likeness (QED) is 0.417. The highest BCUT2D eigenvalue weighted by Gasteiger charge is 2.28. The third-order valence-corrected chi connectivity index (χ3v) is 6.70. The number of nitrogens with one attached hydrogen (secondary N) is 1. The van der Waals surface area contributed by atoms with E-state index in [2.05, 4.69) is 61.8 Å². The number of nitrogens with zero attached hydrogens (tertiary/aromatic N) is 1. The molecule has 1 N–H and O–H groups in total. The normalized spacial score (nSPS) is 20.0. The van der Waals surface area contributed by atoms with Crippen molar-refractivity contribution in [1.82, 2.24) is 10.2 Å². The number of ether oxygens (including phenoxy) is 1. The van der Waals surface area contributed by atoms with Gasteiger partial charge >= 0.3 is 0 Å². The average molecular weight is 427 g/mol. The Balaban J connectivity index is 1.58. The molecule has 1 aliphatic heterocycles. The van der Waals surface area contributed by atoms with Crippen molar-refractivity contribution in [3.8, 4) is 0 Å². The zero-order valence-electron chi connectivity index (χ0n) is 19.9. The summed E-state index contributed by atoms with van der Waals surface area (Å²) in [6.07, 6.45) is 10.2. The van der Waals surface area contributed by atoms with E-state index in [0.29, 0.717) is 5.92 Å². The fourth-order valence-electron chi connectivity index (χ4n) is 4.96. The summed E-state index contributed by atoms with van der Waals surface area (Å²) < 4.78 is 5.97. The van der Waals surface area contributed by atoms with Crippen molar-refractivity contribution in [1.29, 1.82) is 0 Å². The smallest absolute Gasteiger partial charge is 0.223 e. The van der Waals surface area contributed by atoms with Gasteiger partial charge in [-0.15, -0.1) is 0 Å². The van der Waals surface area contributed by atoms with Crippen LogP contribution in [0.2, 0.25) is 0 Å². The zero-order valence-corrected chi connectivity index (χ0v) is 19.9. The number of carbonyl (C=O) groups is 1. The average Bonchev–Trinajstić information content (AvgIpc) is 3.03. The van der Waals surface area contributed by atoms with E-state index in [9.17, 15) is 4.79 Å². The highest BCUT2D eigenvalue weighted by molar-refractivity contribution is 5.79. The van der Waals surface area contributed by atoms with Crippen molar-refractivity contribution >= 4 is 5.91 Å². The predicted molar refractivity (Wildman–Crippen MR) is 127 cm³/mol. The Hall–Kier alpha value is -1.97. The Bertz CT molecular complexity index is 694. The molecular formula is C27H42N2O2. The second-order valence-corrected chi connectivity index (χ2v) is 10.4. The van der Waals surface area contributed by atoms with Crippen LogP contribution in [0.15, 0.2) is 42.8 Å². The molecule has 2 aliphatic rings. The Morgan fingerprint density at radius 3 is 2.26 bits per heavy atom. The van der Waals surface area contributed by atoms with Crippen LogP contribution < -0.4 is 5.32 Å². The lowest BCUT2D eigenvalue weighted by molar-refractivity contribution is -0.126. The van der Waals surface area contributed by atoms with Crippen molar-refractivity contribution < 1.29 is 9.53 Å². The number of hydrogen-bond donors (Lipinski definition) is 1. The Kier molecular flexibility index (Phi) is 8.45. The van der Waals surface area contributed by atoms with Crippen LogP contribution in [0, 0.1) is 11.8 Å². The van der Waals surface area contributed by atoms with E-state index in [-0.39, 0.29) is 23.5 Å². The van der Waals surface area contributed by atoms with Gasteiger partial charge in [0, 0.05) is 19.0 Å². The number of hydrogen-bond acceptors (Lipinski definition) is 3. The highest BCUT2D eigenvalue weighted by Crippen LogP contribution is 2.31. The molecule has 1 aromatic rings. The third kappa shape index (κ3) is 7.59. The third-order valence-electron chi connectivity index (χ3n) is 6.70. The summed E-state index contributed by atoms with van der Waals surface area (Å²) in [6, 6.07) is 10.6. The van der Waals surface area contributed by atoms with Crippen LogP contribution in [-0.4, -0.2) is 29.5 Å². The molecule has 0 aromatic heterocycles. The molecule has 1 atom stereocenters. The van der Waals surface area contributed by atoms with Gasteiger partial charge in [-0.25, -0.2) is 0 Å². The largest absolute Gasteiger partial charge is 0.474 e. The van der Waals surface area contributed by atoms with Gasteiger partial charge in [-0.1, -0.05) is 56.0 Å². The number of benzene rings is 1. The standard InChI is InChI=1S/C27H42N2O2/c1-21(31-27(2,3)4)29-18-16-22(17-19-29)20-25(23-12-10-7-11-13-23)28-26(30)24-14-8-5-6-9-15-24/h7,10-13,22,24-25H,1,5-6,8-9,14-20H2,2-4H3,(H,28,30). The van der Waals surface area contributed by atoms with Gasteiger partial charge in [-0.2, -0.15) is 0 Å². The molecule has 4 nitrogen and oxygen atoms in total. The second-order valence-electron chi connectivity index (χ2n) is 10.4. The summed E-state index contributed by atoms with van der Waals surface area (Å²) in [6.45, 7) is 12.3. The van der Waals surface area contributed by atoms with Crippen LogP contribution in [0.5, 0.6) is 0 Å². The van der Waals surface area contributed by atoms with Crippen LogP contribution in [0.4, 0.5) is 0 Å². The minimum absolute atomic E-state index is 0.0996. The van der Waals surface area contributed by atoms with Crippen LogP contribution in [0.3, 0.4) is 0 Å². The maximum absolute atomic E-state index is 13.1. The molecule has 0 spiro atoms. The van der Waals surface area contributed by atoms with Crippen LogP contribution in [0.25, 0.3) is 0 Å². The van der Waals surface area contributed by atoms with Gasteiger partial charge in [-0.05, 0) is 70.9 Å². The number of rotatable bonds is 7. The van der Waals surface area contributed by atoms with Gasteiger partial charge in [0.05, 0.1) is 6.04 Å². The van der Waals surface area contributed by atoms with Crippen molar-refractivity contribution in [2.45, 2.75) is 90.2 Å². The van der Waals surface area contributed by atoms with Crippen molar-refractivity contribution in [2.75, 3.05) is 13.1 Å². The lowest BCUT2D eigenvalue weighted by Gasteiger charge is -2.37. The van der Waals surface area contributed by atoms with Gasteiger partial charge < -0.3 is 15.0 Å². The van der Waals surface area contributed by atoms with Crippen molar-refractivity contribution in [2.24, 2.45) is 11.8 Å². The zero-order chi connectivity index (χ0) is 22.3. The van der Waals surface area contributed by atoms with Gasteiger partial charge in [0.1, 0.15) is 5.60 Å². The first-order chi connectivity index (χ1) is 14.8. The van der Waals surface area contributed by atoms with E-state index >= 15 is 0 Å². The summed E-state index contributed by atoms with van der Waals surface area (Å²) in [7, 11) is 0. The first-order valence-electron chi connectivity index (χ1n) is 12.3. The van der Waals surface area contributed by atoms with Gasteiger partial charge in [0.15, 0.2) is 5.88 Å². The van der Waals surface area contributed by atoms with Crippen LogP contribution >= 0.6 is 0 Å². The van der Waals surface area contributed by atoms with Crippen molar-refractivity contribution in [3.05, 3.63) is 48.4 Å². The number of likely N-dealkylation sites (tertiary alicyclic amines) is 1. The number of carbonyl (C=O) groups excluding carboxylic acids is 1. The molecule has 1 unspecified atom stereocenters. The molecule has 1 aromatic carbocycles. The molecule has 172 valence electrons. The van der Waals surface area contributed by atoms with E-state index in [4.69, 9.17) is 4.74 Å². The maximum Gasteiger partial charge on any atom is 0.223 e. The Morgan fingerprint density at radius 2 is 1.68 bits per heavy atom. The van der Waals surface area contributed by atoms with Crippen molar-refractivity contribution in [3.63, 3.8) is 0 Å². The molecule has 31 heavy (non-hydrogen) atoms. The molecule has 4 heteroatoms. The number of amides is 1. The van der Waals surface area contributed by atoms with E-state index in [1.54, 1.807) is 0 Å². The topological polar surface area (TPSA) is 41.6 Å². The van der Waals surface area contributed by atoms with Gasteiger partial charge in [0.25, 0.3) is 0 Å². The lowest BCUT2D eigenvalue weighted by atomic mass is 9.87. The Morgan fingerprint density at radius 1 is 1.06 bits per heavy atom. The predicted octanol–water partition coefficient (Wildman–Crippen LogP) is 6.20. The molecular weight excluding hydrogens is 384 g/mol. The molecule has 1 amide bonds. The molecule has 2 fully saturated rings. The minimum Gasteiger partial charge on any atom is -0.474 e. The molecule has 1 saturated heterocycles. The molecule has 3 rings (SSSR count). The SMILES string of the molecule is C=C(OC(C)(C)C)N1CCC(CC(NC(=O)C2CCCCCC2)c2ccccc2)CC1. The first-order valence-corrected chi connectivity index (χ1v) is 12.3. The fourth-order valence-corrected chi connectivity index (χ4v) is 4.96. The van der Waals surface area contributed by atoms with E-state index in [1.807, 2.05) is 6.07 Å². The minimum atomic E-state index is -0.214. The van der Waals surface area contributed by atoms with E-state index in [0.717, 1.165) is 51.1 Å². The van der Waals surface area contributed by atoms with E-state index in [1.165, 1.54) is 31.2 Å². The molecule has 1 aliphatic carbocycles. The number of piperidine rings is 1. The summed E-state index contributed by atoms with van der Waals surface area (Å²) in [5, 5.41) is 3.45. The second kappa shape index (κ2) is 11.1. The molecule has 0 radical (unpaired) electrons. The Labute approximate surface area is 189 Å². The van der Waals surface area contributed by atoms with Crippen LogP contribution in [0.1, 0.15) is 90.2 Å². The van der Waals surface area contributed by atoms with Gasteiger partial charge in [0.2, 0.25) is 5.91 Å². The summed E-state index contributed by atoms with van der Waals surface area (Å²) >= 11 is 0. The van der Waals surface area contributed by atoms with Crippen LogP contribution in [-0.2, 0) is 9.53 Å². The molecule has 0 bridgehead atoms. The monoisotopic (exact) mass is 426 g/mol. The maximum atomic E-state index is 13.1. The molecule has 1 heterocycles. The lowest BCUT2D eigenvalue weighted by Crippen LogP contribution is -2.38. The van der Waals surface area contributed by atoms with Gasteiger partial charge in [-0.3, -0.25) is 4.79 Å². The summed E-state index contributed by atoms with van der Waals surface area (Å²) in [5.74, 6) is 1.83. The summed E-state index contributed by atoms with van der Waals surface area (Å²) in [4.78, 5) is 15.4. The summed E-state index contributed by atoms with van der Waals surface area (Å²) in [5.41, 5.74) is 1.02. The van der Waals surface area contributed by atoms with E-state index < -0.39 is 0 Å².